The molecule has 0 saturated heterocycles. The van der Waals surface area contributed by atoms with E-state index in [9.17, 15) is 4.79 Å². The first kappa shape index (κ1) is 15.1. The van der Waals surface area contributed by atoms with Crippen LogP contribution in [-0.4, -0.2) is 17.7 Å². The standard InChI is InChI=1S/C15H27NO2/c1-5-15(3,4)16-14(17)18-13-9-7-6-8-12(2)10-11-13/h6,8,12-13H,5,7,9-11H2,1-4H3,(H,16,17)/b8-6+. The zero-order valence-corrected chi connectivity index (χ0v) is 12.2. The molecular formula is C15H27NO2. The third kappa shape index (κ3) is 5.56. The quantitative estimate of drug-likeness (QED) is 0.771. The van der Waals surface area contributed by atoms with E-state index >= 15 is 0 Å². The lowest BCUT2D eigenvalue weighted by molar-refractivity contribution is 0.0775. The van der Waals surface area contributed by atoms with Gasteiger partial charge in [0.2, 0.25) is 0 Å². The van der Waals surface area contributed by atoms with E-state index in [0.29, 0.717) is 5.92 Å². The summed E-state index contributed by atoms with van der Waals surface area (Å²) < 4.78 is 5.53. The number of allylic oxidation sites excluding steroid dienone is 2. The molecule has 1 N–H and O–H groups in total. The molecule has 0 radical (unpaired) electrons. The Labute approximate surface area is 111 Å². The van der Waals surface area contributed by atoms with Crippen molar-refractivity contribution in [3.05, 3.63) is 12.2 Å². The van der Waals surface area contributed by atoms with Crippen LogP contribution in [0, 0.1) is 5.92 Å². The lowest BCUT2D eigenvalue weighted by Gasteiger charge is -2.26. The van der Waals surface area contributed by atoms with Crippen LogP contribution in [0.25, 0.3) is 0 Å². The highest BCUT2D eigenvalue weighted by molar-refractivity contribution is 5.68. The zero-order valence-electron chi connectivity index (χ0n) is 12.2. The molecule has 2 atom stereocenters. The zero-order chi connectivity index (χ0) is 13.6. The minimum absolute atomic E-state index is 0.0602. The van der Waals surface area contributed by atoms with Gasteiger partial charge in [0.05, 0.1) is 0 Å². The number of hydrogen-bond acceptors (Lipinski definition) is 2. The van der Waals surface area contributed by atoms with Crippen molar-refractivity contribution in [3.63, 3.8) is 0 Å². The van der Waals surface area contributed by atoms with E-state index in [1.165, 1.54) is 0 Å². The van der Waals surface area contributed by atoms with Gasteiger partial charge in [0.25, 0.3) is 0 Å². The summed E-state index contributed by atoms with van der Waals surface area (Å²) >= 11 is 0. The van der Waals surface area contributed by atoms with Crippen molar-refractivity contribution in [3.8, 4) is 0 Å². The van der Waals surface area contributed by atoms with Gasteiger partial charge in [0.1, 0.15) is 6.10 Å². The summed E-state index contributed by atoms with van der Waals surface area (Å²) in [6.45, 7) is 8.29. The predicted octanol–water partition coefficient (Wildman–Crippen LogP) is 4.04. The first-order valence-electron chi connectivity index (χ1n) is 7.08. The molecule has 1 aliphatic rings. The van der Waals surface area contributed by atoms with Gasteiger partial charge in [-0.2, -0.15) is 0 Å². The highest BCUT2D eigenvalue weighted by atomic mass is 16.6. The molecule has 2 unspecified atom stereocenters. The van der Waals surface area contributed by atoms with E-state index in [0.717, 1.165) is 32.1 Å². The average molecular weight is 253 g/mol. The summed E-state index contributed by atoms with van der Waals surface area (Å²) in [5.41, 5.74) is -0.189. The molecule has 1 aliphatic carbocycles. The first-order valence-corrected chi connectivity index (χ1v) is 7.08. The molecule has 0 bridgehead atoms. The normalized spacial score (nSPS) is 26.9. The molecule has 0 aromatic heterocycles. The maximum atomic E-state index is 11.8. The maximum absolute atomic E-state index is 11.8. The number of carbonyl (C=O) groups is 1. The second kappa shape index (κ2) is 6.81. The van der Waals surface area contributed by atoms with Gasteiger partial charge in [-0.1, -0.05) is 26.0 Å². The Kier molecular flexibility index (Phi) is 5.70. The Hall–Kier alpha value is -0.990. The van der Waals surface area contributed by atoms with Crippen molar-refractivity contribution in [2.24, 2.45) is 5.92 Å². The Bertz CT molecular complexity index is 297. The third-order valence-electron chi connectivity index (χ3n) is 3.66. The van der Waals surface area contributed by atoms with Crippen LogP contribution in [0.1, 0.15) is 59.8 Å². The summed E-state index contributed by atoms with van der Waals surface area (Å²) in [7, 11) is 0. The van der Waals surface area contributed by atoms with E-state index in [4.69, 9.17) is 4.74 Å². The Balaban J connectivity index is 2.41. The molecule has 3 heteroatoms. The fourth-order valence-electron chi connectivity index (χ4n) is 1.96. The summed E-state index contributed by atoms with van der Waals surface area (Å²) in [5.74, 6) is 0.589. The van der Waals surface area contributed by atoms with E-state index in [1.54, 1.807) is 0 Å². The molecule has 0 spiro atoms. The summed E-state index contributed by atoms with van der Waals surface area (Å²) in [6.07, 6.45) is 9.13. The number of amides is 1. The summed E-state index contributed by atoms with van der Waals surface area (Å²) in [4.78, 5) is 11.8. The van der Waals surface area contributed by atoms with Crippen molar-refractivity contribution < 1.29 is 9.53 Å². The Morgan fingerprint density at radius 2 is 2.11 bits per heavy atom. The summed E-state index contributed by atoms with van der Waals surface area (Å²) in [6, 6.07) is 0. The predicted molar refractivity (Wildman–Crippen MR) is 74.5 cm³/mol. The van der Waals surface area contributed by atoms with Crippen LogP contribution in [0.2, 0.25) is 0 Å². The second-order valence-corrected chi connectivity index (χ2v) is 5.95. The highest BCUT2D eigenvalue weighted by Crippen LogP contribution is 2.19. The number of alkyl carbamates (subject to hydrolysis) is 1. The fourth-order valence-corrected chi connectivity index (χ4v) is 1.96. The molecule has 0 heterocycles. The Morgan fingerprint density at radius 1 is 1.39 bits per heavy atom. The third-order valence-corrected chi connectivity index (χ3v) is 3.66. The van der Waals surface area contributed by atoms with Gasteiger partial charge in [-0.15, -0.1) is 0 Å². The molecular weight excluding hydrogens is 226 g/mol. The van der Waals surface area contributed by atoms with Crippen molar-refractivity contribution >= 4 is 6.09 Å². The van der Waals surface area contributed by atoms with Crippen molar-refractivity contribution in [2.45, 2.75) is 71.4 Å². The lowest BCUT2D eigenvalue weighted by atomic mass is 9.96. The van der Waals surface area contributed by atoms with Gasteiger partial charge in [-0.25, -0.2) is 4.79 Å². The number of nitrogens with one attached hydrogen (secondary N) is 1. The van der Waals surface area contributed by atoms with E-state index < -0.39 is 0 Å². The SMILES string of the molecule is CCC(C)(C)NC(=O)OC1CC/C=C/C(C)CC1. The van der Waals surface area contributed by atoms with Gasteiger partial charge in [-0.05, 0) is 51.9 Å². The van der Waals surface area contributed by atoms with Crippen LogP contribution >= 0.6 is 0 Å². The van der Waals surface area contributed by atoms with Crippen LogP contribution < -0.4 is 5.32 Å². The number of rotatable bonds is 3. The minimum Gasteiger partial charge on any atom is -0.446 e. The Morgan fingerprint density at radius 3 is 2.78 bits per heavy atom. The van der Waals surface area contributed by atoms with E-state index in [-0.39, 0.29) is 17.7 Å². The van der Waals surface area contributed by atoms with Crippen molar-refractivity contribution in [2.75, 3.05) is 0 Å². The molecule has 0 fully saturated rings. The van der Waals surface area contributed by atoms with Crippen LogP contribution in [0.4, 0.5) is 4.79 Å². The summed E-state index contributed by atoms with van der Waals surface area (Å²) in [5, 5.41) is 2.92. The van der Waals surface area contributed by atoms with Crippen LogP contribution in [-0.2, 0) is 4.74 Å². The average Bonchev–Trinajstić information content (AvgIpc) is 2.27. The smallest absolute Gasteiger partial charge is 0.407 e. The van der Waals surface area contributed by atoms with Gasteiger partial charge in [0.15, 0.2) is 0 Å². The fraction of sp³-hybridized carbons (Fsp3) is 0.800. The molecule has 0 saturated carbocycles. The molecule has 1 rings (SSSR count). The first-order chi connectivity index (χ1) is 8.43. The van der Waals surface area contributed by atoms with E-state index in [1.807, 2.05) is 13.8 Å². The maximum Gasteiger partial charge on any atom is 0.407 e. The van der Waals surface area contributed by atoms with Gasteiger partial charge >= 0.3 is 6.09 Å². The minimum atomic E-state index is -0.274. The molecule has 18 heavy (non-hydrogen) atoms. The van der Waals surface area contributed by atoms with Crippen LogP contribution in [0.15, 0.2) is 12.2 Å². The molecule has 3 nitrogen and oxygen atoms in total. The monoisotopic (exact) mass is 253 g/mol. The second-order valence-electron chi connectivity index (χ2n) is 5.95. The van der Waals surface area contributed by atoms with Gasteiger partial charge in [0, 0.05) is 5.54 Å². The van der Waals surface area contributed by atoms with Crippen molar-refractivity contribution in [1.29, 1.82) is 0 Å². The van der Waals surface area contributed by atoms with Crippen LogP contribution in [0.5, 0.6) is 0 Å². The number of ether oxygens (including phenoxy) is 1. The molecule has 0 aliphatic heterocycles. The topological polar surface area (TPSA) is 38.3 Å². The molecule has 104 valence electrons. The van der Waals surface area contributed by atoms with E-state index in [2.05, 4.69) is 31.3 Å². The molecule has 0 aromatic rings. The molecule has 0 aromatic carbocycles. The van der Waals surface area contributed by atoms with Crippen molar-refractivity contribution in [1.82, 2.24) is 5.32 Å². The number of hydrogen-bond donors (Lipinski definition) is 1. The number of carbonyl (C=O) groups excluding carboxylic acids is 1. The lowest BCUT2D eigenvalue weighted by Crippen LogP contribution is -2.44. The largest absolute Gasteiger partial charge is 0.446 e. The highest BCUT2D eigenvalue weighted by Gasteiger charge is 2.22. The van der Waals surface area contributed by atoms with Gasteiger partial charge < -0.3 is 10.1 Å². The molecule has 1 amide bonds. The van der Waals surface area contributed by atoms with Crippen LogP contribution in [0.3, 0.4) is 0 Å². The van der Waals surface area contributed by atoms with Gasteiger partial charge in [-0.3, -0.25) is 0 Å².